The highest BCUT2D eigenvalue weighted by molar-refractivity contribution is 8.00. The molecule has 3 amide bonds. The highest BCUT2D eigenvalue weighted by Crippen LogP contribution is 2.31. The number of nitro benzene ring substituents is 1. The minimum atomic E-state index is -0.597. The lowest BCUT2D eigenvalue weighted by Crippen LogP contribution is -2.30. The first-order valence-electron chi connectivity index (χ1n) is 14.1. The van der Waals surface area contributed by atoms with Gasteiger partial charge in [0.15, 0.2) is 5.13 Å². The Kier molecular flexibility index (Phi) is 10.8. The molecule has 10 nitrogen and oxygen atoms in total. The van der Waals surface area contributed by atoms with E-state index in [1.165, 1.54) is 53.4 Å². The van der Waals surface area contributed by atoms with Gasteiger partial charge in [-0.1, -0.05) is 48.0 Å². The number of halogens is 1. The predicted molar refractivity (Wildman–Crippen MR) is 187 cm³/mol. The summed E-state index contributed by atoms with van der Waals surface area (Å²) in [6.45, 7) is 1.78. The summed E-state index contributed by atoms with van der Waals surface area (Å²) in [6.07, 6.45) is 1.43. The summed E-state index contributed by atoms with van der Waals surface area (Å²) < 4.78 is 0. The molecule has 1 heterocycles. The molecular weight excluding hydrogens is 658 g/mol. The van der Waals surface area contributed by atoms with E-state index in [-0.39, 0.29) is 17.3 Å². The van der Waals surface area contributed by atoms with E-state index in [0.717, 1.165) is 10.5 Å². The summed E-state index contributed by atoms with van der Waals surface area (Å²) in [5.41, 5.74) is 2.59. The molecular formula is C34H26ClN5O5S2. The standard InChI is InChI=1S/C34H26ClN5O5S2/c1-21(31(41)39-34-38-30(20-46-34)27-9-5-6-10-28(27)35)47-26-17-13-24(14-18-26)36-33(43)29(37-32(42)23-7-3-2-4-8-23)19-22-11-15-25(16-12-22)40(44)45/h2-21H,1H3,(H,36,43)(H,37,42)(H,38,39,41)/b29-19-. The summed E-state index contributed by atoms with van der Waals surface area (Å²) in [4.78, 5) is 54.9. The van der Waals surface area contributed by atoms with Crippen LogP contribution in [0.2, 0.25) is 5.02 Å². The Morgan fingerprint density at radius 3 is 2.28 bits per heavy atom. The molecule has 0 radical (unpaired) electrons. The van der Waals surface area contributed by atoms with E-state index in [2.05, 4.69) is 20.9 Å². The molecule has 5 aromatic rings. The van der Waals surface area contributed by atoms with Crippen molar-refractivity contribution in [1.82, 2.24) is 10.3 Å². The Labute approximate surface area is 283 Å². The van der Waals surface area contributed by atoms with Crippen LogP contribution in [0.25, 0.3) is 17.3 Å². The summed E-state index contributed by atoms with van der Waals surface area (Å²) in [7, 11) is 0. The predicted octanol–water partition coefficient (Wildman–Crippen LogP) is 7.90. The van der Waals surface area contributed by atoms with Gasteiger partial charge < -0.3 is 16.0 Å². The van der Waals surface area contributed by atoms with E-state index in [9.17, 15) is 24.5 Å². The van der Waals surface area contributed by atoms with Crippen LogP contribution in [-0.2, 0) is 9.59 Å². The molecule has 0 fully saturated rings. The van der Waals surface area contributed by atoms with Gasteiger partial charge in [-0.2, -0.15) is 0 Å². The number of aromatic nitrogens is 1. The Bertz CT molecular complexity index is 1950. The summed E-state index contributed by atoms with van der Waals surface area (Å²) >= 11 is 8.92. The Morgan fingerprint density at radius 1 is 0.915 bits per heavy atom. The molecule has 1 atom stereocenters. The number of nitrogens with zero attached hydrogens (tertiary/aromatic N) is 2. The number of carbonyl (C=O) groups excluding carboxylic acids is 3. The molecule has 3 N–H and O–H groups in total. The zero-order valence-electron chi connectivity index (χ0n) is 24.7. The summed E-state index contributed by atoms with van der Waals surface area (Å²) in [5, 5.41) is 21.7. The van der Waals surface area contributed by atoms with Crippen molar-refractivity contribution in [2.24, 2.45) is 0 Å². The van der Waals surface area contributed by atoms with E-state index in [1.54, 1.807) is 67.6 Å². The van der Waals surface area contributed by atoms with Crippen molar-refractivity contribution in [3.05, 3.63) is 140 Å². The number of nitrogens with one attached hydrogen (secondary N) is 3. The number of non-ortho nitro benzene ring substituents is 1. The van der Waals surface area contributed by atoms with E-state index in [1.807, 2.05) is 23.6 Å². The molecule has 0 spiro atoms. The van der Waals surface area contributed by atoms with Gasteiger partial charge in [0.25, 0.3) is 17.5 Å². The number of thiazole rings is 1. The maximum Gasteiger partial charge on any atom is 0.272 e. The first-order chi connectivity index (χ1) is 22.7. The van der Waals surface area contributed by atoms with Crippen molar-refractivity contribution < 1.29 is 19.3 Å². The van der Waals surface area contributed by atoms with Gasteiger partial charge in [0.2, 0.25) is 5.91 Å². The summed E-state index contributed by atoms with van der Waals surface area (Å²) in [5.74, 6) is -1.31. The molecule has 4 aromatic carbocycles. The van der Waals surface area contributed by atoms with Crippen molar-refractivity contribution in [2.75, 3.05) is 10.6 Å². The van der Waals surface area contributed by atoms with Gasteiger partial charge in [-0.25, -0.2) is 4.98 Å². The van der Waals surface area contributed by atoms with Crippen molar-refractivity contribution in [3.8, 4) is 11.3 Å². The van der Waals surface area contributed by atoms with Gasteiger partial charge in [-0.15, -0.1) is 23.1 Å². The zero-order chi connectivity index (χ0) is 33.3. The van der Waals surface area contributed by atoms with E-state index in [0.29, 0.717) is 32.7 Å². The number of carbonyl (C=O) groups is 3. The molecule has 47 heavy (non-hydrogen) atoms. The van der Waals surface area contributed by atoms with Crippen LogP contribution in [0, 0.1) is 10.1 Å². The molecule has 0 aliphatic rings. The first-order valence-corrected chi connectivity index (χ1v) is 16.2. The highest BCUT2D eigenvalue weighted by Gasteiger charge is 2.18. The molecule has 1 aromatic heterocycles. The van der Waals surface area contributed by atoms with Crippen LogP contribution in [0.4, 0.5) is 16.5 Å². The number of hydrogen-bond acceptors (Lipinski definition) is 8. The van der Waals surface area contributed by atoms with Crippen LogP contribution < -0.4 is 16.0 Å². The van der Waals surface area contributed by atoms with Gasteiger partial charge in [0.05, 0.1) is 15.9 Å². The largest absolute Gasteiger partial charge is 0.321 e. The van der Waals surface area contributed by atoms with Crippen LogP contribution in [0.15, 0.2) is 119 Å². The lowest BCUT2D eigenvalue weighted by atomic mass is 10.1. The fraction of sp³-hybridized carbons (Fsp3) is 0.0588. The Morgan fingerprint density at radius 2 is 1.60 bits per heavy atom. The minimum absolute atomic E-state index is 0.0590. The molecule has 0 saturated carbocycles. The quantitative estimate of drug-likeness (QED) is 0.0556. The second-order valence-electron chi connectivity index (χ2n) is 9.97. The van der Waals surface area contributed by atoms with Gasteiger partial charge in [0, 0.05) is 44.2 Å². The molecule has 0 aliphatic carbocycles. The molecule has 0 bridgehead atoms. The Balaban J connectivity index is 1.23. The van der Waals surface area contributed by atoms with Crippen molar-refractivity contribution in [2.45, 2.75) is 17.1 Å². The molecule has 5 rings (SSSR count). The van der Waals surface area contributed by atoms with Crippen molar-refractivity contribution >= 4 is 75.0 Å². The second-order valence-corrected chi connectivity index (χ2v) is 12.7. The number of anilines is 2. The van der Waals surface area contributed by atoms with Gasteiger partial charge in [-0.3, -0.25) is 24.5 Å². The third kappa shape index (κ3) is 8.91. The Hall–Kier alpha value is -5.30. The number of benzene rings is 4. The first kappa shape index (κ1) is 33.1. The molecule has 236 valence electrons. The smallest absolute Gasteiger partial charge is 0.272 e. The average molecular weight is 684 g/mol. The fourth-order valence-corrected chi connectivity index (χ4v) is 6.02. The van der Waals surface area contributed by atoms with Gasteiger partial charge in [0.1, 0.15) is 5.70 Å². The van der Waals surface area contributed by atoms with Crippen molar-refractivity contribution in [1.29, 1.82) is 0 Å². The molecule has 1 unspecified atom stereocenters. The van der Waals surface area contributed by atoms with Crippen LogP contribution in [0.5, 0.6) is 0 Å². The van der Waals surface area contributed by atoms with E-state index in [4.69, 9.17) is 11.6 Å². The zero-order valence-corrected chi connectivity index (χ0v) is 27.1. The van der Waals surface area contributed by atoms with Gasteiger partial charge in [-0.05, 0) is 73.2 Å². The lowest BCUT2D eigenvalue weighted by molar-refractivity contribution is -0.384. The maximum absolute atomic E-state index is 13.3. The number of rotatable bonds is 11. The summed E-state index contributed by atoms with van der Waals surface area (Å²) in [6, 6.07) is 28.3. The fourth-order valence-electron chi connectivity index (χ4n) is 4.21. The third-order valence-electron chi connectivity index (χ3n) is 6.62. The second kappa shape index (κ2) is 15.3. The van der Waals surface area contributed by atoms with Crippen LogP contribution in [0.1, 0.15) is 22.8 Å². The van der Waals surface area contributed by atoms with E-state index < -0.39 is 22.0 Å². The number of amides is 3. The monoisotopic (exact) mass is 683 g/mol. The minimum Gasteiger partial charge on any atom is -0.321 e. The van der Waals surface area contributed by atoms with Crippen LogP contribution in [0.3, 0.4) is 0 Å². The van der Waals surface area contributed by atoms with E-state index >= 15 is 0 Å². The topological polar surface area (TPSA) is 143 Å². The number of hydrogen-bond donors (Lipinski definition) is 3. The number of nitro groups is 1. The van der Waals surface area contributed by atoms with Gasteiger partial charge >= 0.3 is 0 Å². The third-order valence-corrected chi connectivity index (χ3v) is 8.82. The van der Waals surface area contributed by atoms with Crippen molar-refractivity contribution in [3.63, 3.8) is 0 Å². The van der Waals surface area contributed by atoms with Crippen LogP contribution >= 0.6 is 34.7 Å². The maximum atomic E-state index is 13.3. The van der Waals surface area contributed by atoms with Crippen LogP contribution in [-0.4, -0.2) is 32.9 Å². The average Bonchev–Trinajstić information content (AvgIpc) is 3.54. The molecule has 0 aliphatic heterocycles. The highest BCUT2D eigenvalue weighted by atomic mass is 35.5. The molecule has 13 heteroatoms. The lowest BCUT2D eigenvalue weighted by Gasteiger charge is -2.13. The number of thioether (sulfide) groups is 1. The molecule has 0 saturated heterocycles. The normalized spacial score (nSPS) is 11.7. The SMILES string of the molecule is CC(Sc1ccc(NC(=O)/C(=C/c2ccc([N+](=O)[O-])cc2)NC(=O)c2ccccc2)cc1)C(=O)Nc1nc(-c2ccccc2Cl)cs1.